The van der Waals surface area contributed by atoms with E-state index in [-0.39, 0.29) is 0 Å². The van der Waals surface area contributed by atoms with Gasteiger partial charge in [-0.2, -0.15) is 0 Å². The van der Waals surface area contributed by atoms with Gasteiger partial charge in [0.15, 0.2) is 0 Å². The van der Waals surface area contributed by atoms with E-state index in [2.05, 4.69) is 44.7 Å². The third kappa shape index (κ3) is 4.72. The summed E-state index contributed by atoms with van der Waals surface area (Å²) in [6.45, 7) is 9.94. The number of aliphatic hydroxyl groups excluding tert-OH is 1. The summed E-state index contributed by atoms with van der Waals surface area (Å²) in [5.74, 6) is 1.37. The molecule has 1 fully saturated rings. The molecule has 0 unspecified atom stereocenters. The van der Waals surface area contributed by atoms with Crippen LogP contribution < -0.4 is 4.74 Å². The standard InChI is InChI=1S/C19H31NO2/c1-14(2)17-8-10-19(11-9-17)22-13-18(21)12-20-15(3)6-5-7-16(20)4/h8-11,14-16,18,21H,5-7,12-13H2,1-4H3/t15-,16+,18-/m0/s1. The summed E-state index contributed by atoms with van der Waals surface area (Å²) in [7, 11) is 0. The second-order valence-corrected chi connectivity index (χ2v) is 7.01. The first-order valence-electron chi connectivity index (χ1n) is 8.64. The lowest BCUT2D eigenvalue weighted by Crippen LogP contribution is -2.48. The maximum atomic E-state index is 10.3. The van der Waals surface area contributed by atoms with Crippen LogP contribution in [0.1, 0.15) is 58.4 Å². The van der Waals surface area contributed by atoms with Gasteiger partial charge in [0.25, 0.3) is 0 Å². The van der Waals surface area contributed by atoms with Crippen LogP contribution >= 0.6 is 0 Å². The quantitative estimate of drug-likeness (QED) is 0.867. The molecule has 0 spiro atoms. The molecule has 1 aliphatic rings. The lowest BCUT2D eigenvalue weighted by atomic mass is 9.97. The van der Waals surface area contributed by atoms with E-state index in [1.165, 1.54) is 24.8 Å². The number of ether oxygens (including phenoxy) is 1. The van der Waals surface area contributed by atoms with Crippen LogP contribution in [0.2, 0.25) is 0 Å². The summed E-state index contributed by atoms with van der Waals surface area (Å²) in [5.41, 5.74) is 1.31. The number of piperidine rings is 1. The molecule has 22 heavy (non-hydrogen) atoms. The zero-order valence-corrected chi connectivity index (χ0v) is 14.5. The molecule has 1 saturated heterocycles. The van der Waals surface area contributed by atoms with Crippen LogP contribution in [0, 0.1) is 0 Å². The summed E-state index contributed by atoms with van der Waals surface area (Å²) >= 11 is 0. The molecule has 0 radical (unpaired) electrons. The van der Waals surface area contributed by atoms with Crippen LogP contribution in [-0.4, -0.2) is 41.3 Å². The zero-order valence-electron chi connectivity index (χ0n) is 14.5. The van der Waals surface area contributed by atoms with Gasteiger partial charge in [0.2, 0.25) is 0 Å². The first-order chi connectivity index (χ1) is 10.5. The Labute approximate surface area is 135 Å². The van der Waals surface area contributed by atoms with E-state index in [9.17, 15) is 5.11 Å². The summed E-state index contributed by atoms with van der Waals surface area (Å²) < 4.78 is 5.74. The summed E-state index contributed by atoms with van der Waals surface area (Å²) in [6.07, 6.45) is 3.32. The van der Waals surface area contributed by atoms with Gasteiger partial charge in [-0.25, -0.2) is 0 Å². The van der Waals surface area contributed by atoms with Crippen molar-refractivity contribution in [1.82, 2.24) is 4.90 Å². The smallest absolute Gasteiger partial charge is 0.119 e. The minimum atomic E-state index is -0.437. The van der Waals surface area contributed by atoms with Gasteiger partial charge >= 0.3 is 0 Å². The Kier molecular flexibility index (Phi) is 6.27. The van der Waals surface area contributed by atoms with E-state index in [0.717, 1.165) is 5.75 Å². The highest BCUT2D eigenvalue weighted by molar-refractivity contribution is 5.28. The highest BCUT2D eigenvalue weighted by Crippen LogP contribution is 2.23. The zero-order chi connectivity index (χ0) is 16.1. The van der Waals surface area contributed by atoms with E-state index in [0.29, 0.717) is 31.2 Å². The van der Waals surface area contributed by atoms with Gasteiger partial charge in [-0.05, 0) is 50.3 Å². The molecule has 0 amide bonds. The number of β-amino-alcohol motifs (C(OH)–C–C–N with tert-alkyl or cyclic N) is 1. The van der Waals surface area contributed by atoms with Crippen LogP contribution in [0.25, 0.3) is 0 Å². The minimum absolute atomic E-state index is 0.358. The number of benzene rings is 1. The van der Waals surface area contributed by atoms with Gasteiger partial charge in [0, 0.05) is 18.6 Å². The van der Waals surface area contributed by atoms with Gasteiger partial charge in [0.05, 0.1) is 0 Å². The van der Waals surface area contributed by atoms with Crippen molar-refractivity contribution in [3.05, 3.63) is 29.8 Å². The molecule has 0 aliphatic carbocycles. The normalized spacial score (nSPS) is 24.5. The van der Waals surface area contributed by atoms with Crippen molar-refractivity contribution in [2.75, 3.05) is 13.2 Å². The van der Waals surface area contributed by atoms with Crippen molar-refractivity contribution in [3.63, 3.8) is 0 Å². The van der Waals surface area contributed by atoms with Crippen LogP contribution in [0.5, 0.6) is 5.75 Å². The predicted molar refractivity (Wildman–Crippen MR) is 91.5 cm³/mol. The molecule has 1 aromatic rings. The second-order valence-electron chi connectivity index (χ2n) is 7.01. The second kappa shape index (κ2) is 7.98. The Hall–Kier alpha value is -1.06. The molecule has 3 atom stereocenters. The molecular weight excluding hydrogens is 274 g/mol. The Balaban J connectivity index is 1.80. The average molecular weight is 305 g/mol. The maximum absolute atomic E-state index is 10.3. The fraction of sp³-hybridized carbons (Fsp3) is 0.684. The Morgan fingerprint density at radius 2 is 1.73 bits per heavy atom. The van der Waals surface area contributed by atoms with Crippen LogP contribution in [0.15, 0.2) is 24.3 Å². The molecule has 3 heteroatoms. The molecular formula is C19H31NO2. The van der Waals surface area contributed by atoms with E-state index in [1.54, 1.807) is 0 Å². The number of likely N-dealkylation sites (tertiary alicyclic amines) is 1. The molecule has 0 saturated carbocycles. The monoisotopic (exact) mass is 305 g/mol. The fourth-order valence-corrected chi connectivity index (χ4v) is 3.27. The third-order valence-corrected chi connectivity index (χ3v) is 4.79. The number of rotatable bonds is 6. The molecule has 1 heterocycles. The summed E-state index contributed by atoms with van der Waals surface area (Å²) in [6, 6.07) is 9.30. The fourth-order valence-electron chi connectivity index (χ4n) is 3.27. The van der Waals surface area contributed by atoms with Gasteiger partial charge in [-0.3, -0.25) is 4.90 Å². The molecule has 1 aliphatic heterocycles. The van der Waals surface area contributed by atoms with Gasteiger partial charge in [-0.15, -0.1) is 0 Å². The maximum Gasteiger partial charge on any atom is 0.119 e. The summed E-state index contributed by atoms with van der Waals surface area (Å²) in [5, 5.41) is 10.3. The van der Waals surface area contributed by atoms with Crippen molar-refractivity contribution >= 4 is 0 Å². The number of hydrogen-bond donors (Lipinski definition) is 1. The van der Waals surface area contributed by atoms with Crippen molar-refractivity contribution in [2.24, 2.45) is 0 Å². The van der Waals surface area contributed by atoms with Crippen molar-refractivity contribution in [1.29, 1.82) is 0 Å². The number of hydrogen-bond acceptors (Lipinski definition) is 3. The topological polar surface area (TPSA) is 32.7 Å². The summed E-state index contributed by atoms with van der Waals surface area (Å²) in [4.78, 5) is 2.42. The predicted octanol–water partition coefficient (Wildman–Crippen LogP) is 3.81. The Morgan fingerprint density at radius 1 is 1.14 bits per heavy atom. The van der Waals surface area contributed by atoms with Crippen molar-refractivity contribution < 1.29 is 9.84 Å². The minimum Gasteiger partial charge on any atom is -0.491 e. The molecule has 1 aromatic carbocycles. The van der Waals surface area contributed by atoms with E-state index in [1.807, 2.05) is 12.1 Å². The van der Waals surface area contributed by atoms with Gasteiger partial charge < -0.3 is 9.84 Å². The number of aliphatic hydroxyl groups is 1. The van der Waals surface area contributed by atoms with Crippen molar-refractivity contribution in [3.8, 4) is 5.75 Å². The van der Waals surface area contributed by atoms with Crippen LogP contribution in [-0.2, 0) is 0 Å². The lowest BCUT2D eigenvalue weighted by molar-refractivity contribution is 0.0209. The largest absolute Gasteiger partial charge is 0.491 e. The molecule has 1 N–H and O–H groups in total. The van der Waals surface area contributed by atoms with Crippen LogP contribution in [0.4, 0.5) is 0 Å². The molecule has 124 valence electrons. The Morgan fingerprint density at radius 3 is 2.27 bits per heavy atom. The average Bonchev–Trinajstić information content (AvgIpc) is 2.49. The molecule has 3 nitrogen and oxygen atoms in total. The molecule has 0 aromatic heterocycles. The number of nitrogens with zero attached hydrogens (tertiary/aromatic N) is 1. The molecule has 2 rings (SSSR count). The Bertz CT molecular complexity index is 433. The van der Waals surface area contributed by atoms with E-state index < -0.39 is 6.10 Å². The lowest BCUT2D eigenvalue weighted by Gasteiger charge is -2.40. The third-order valence-electron chi connectivity index (χ3n) is 4.79. The highest BCUT2D eigenvalue weighted by atomic mass is 16.5. The first kappa shape index (κ1) is 17.3. The van der Waals surface area contributed by atoms with Crippen molar-refractivity contribution in [2.45, 2.75) is 71.1 Å². The van der Waals surface area contributed by atoms with E-state index in [4.69, 9.17) is 4.74 Å². The molecule has 0 bridgehead atoms. The SMILES string of the molecule is CC(C)c1ccc(OC[C@@H](O)CN2[C@H](C)CCC[C@@H]2C)cc1. The van der Waals surface area contributed by atoms with Gasteiger partial charge in [-0.1, -0.05) is 32.4 Å². The highest BCUT2D eigenvalue weighted by Gasteiger charge is 2.26. The van der Waals surface area contributed by atoms with Gasteiger partial charge in [0.1, 0.15) is 18.5 Å². The van der Waals surface area contributed by atoms with Crippen LogP contribution in [0.3, 0.4) is 0 Å². The first-order valence-corrected chi connectivity index (χ1v) is 8.64. The van der Waals surface area contributed by atoms with E-state index >= 15 is 0 Å².